The zero-order valence-electron chi connectivity index (χ0n) is 13.0. The van der Waals surface area contributed by atoms with E-state index >= 15 is 0 Å². The van der Waals surface area contributed by atoms with Gasteiger partial charge in [0.1, 0.15) is 0 Å². The fourth-order valence-electron chi connectivity index (χ4n) is 1.67. The summed E-state index contributed by atoms with van der Waals surface area (Å²) < 4.78 is 30.4. The summed E-state index contributed by atoms with van der Waals surface area (Å²) in [5, 5.41) is 2.80. The molecule has 0 aromatic rings. The number of sulfonamides is 1. The van der Waals surface area contributed by atoms with Gasteiger partial charge >= 0.3 is 0 Å². The summed E-state index contributed by atoms with van der Waals surface area (Å²) in [6, 6.07) is 0. The minimum absolute atomic E-state index is 0. The summed E-state index contributed by atoms with van der Waals surface area (Å²) in [6.45, 7) is 6.27. The van der Waals surface area contributed by atoms with Crippen LogP contribution in [-0.4, -0.2) is 51.9 Å². The smallest absolute Gasteiger partial charge is 0.235 e. The van der Waals surface area contributed by atoms with Crippen molar-refractivity contribution in [1.82, 2.24) is 10.0 Å². The van der Waals surface area contributed by atoms with Gasteiger partial charge in [0.05, 0.1) is 24.4 Å². The molecular formula is C12H28ClN3O4S. The molecule has 0 saturated heterocycles. The van der Waals surface area contributed by atoms with Crippen molar-refractivity contribution >= 4 is 28.3 Å². The molecule has 0 aliphatic heterocycles. The van der Waals surface area contributed by atoms with Crippen molar-refractivity contribution in [2.75, 3.05) is 32.1 Å². The molecule has 9 heteroatoms. The van der Waals surface area contributed by atoms with E-state index in [4.69, 9.17) is 10.5 Å². The zero-order chi connectivity index (χ0) is 15.6. The van der Waals surface area contributed by atoms with Gasteiger partial charge < -0.3 is 15.8 Å². The van der Waals surface area contributed by atoms with Crippen LogP contribution in [0, 0.1) is 0 Å². The van der Waals surface area contributed by atoms with Crippen LogP contribution in [0.5, 0.6) is 0 Å². The largest absolute Gasteiger partial charge is 0.381 e. The molecule has 0 spiro atoms. The lowest BCUT2D eigenvalue weighted by Crippen LogP contribution is -2.55. The van der Waals surface area contributed by atoms with Gasteiger partial charge in [-0.3, -0.25) is 4.79 Å². The van der Waals surface area contributed by atoms with Crippen molar-refractivity contribution in [3.8, 4) is 0 Å². The molecule has 0 bridgehead atoms. The normalized spacial score (nSPS) is 11.8. The van der Waals surface area contributed by atoms with Gasteiger partial charge in [0, 0.05) is 13.2 Å². The van der Waals surface area contributed by atoms with Crippen LogP contribution in [0.2, 0.25) is 0 Å². The van der Waals surface area contributed by atoms with E-state index in [-0.39, 0.29) is 37.2 Å². The summed E-state index contributed by atoms with van der Waals surface area (Å²) in [7, 11) is -3.49. The lowest BCUT2D eigenvalue weighted by Gasteiger charge is -2.31. The number of ether oxygens (including phenoxy) is 1. The Morgan fingerprint density at radius 2 is 1.81 bits per heavy atom. The Balaban J connectivity index is 0. The Kier molecular flexibility index (Phi) is 12.2. The first-order chi connectivity index (χ1) is 9.34. The molecule has 0 aliphatic carbocycles. The average molecular weight is 346 g/mol. The summed E-state index contributed by atoms with van der Waals surface area (Å²) in [5.41, 5.74) is 5.21. The third-order valence-corrected chi connectivity index (χ3v) is 4.59. The Labute approximate surface area is 133 Å². The van der Waals surface area contributed by atoms with Gasteiger partial charge in [-0.1, -0.05) is 13.8 Å². The number of hydrogen-bond acceptors (Lipinski definition) is 5. The van der Waals surface area contributed by atoms with Crippen molar-refractivity contribution in [2.24, 2.45) is 5.73 Å². The predicted molar refractivity (Wildman–Crippen MR) is 86.0 cm³/mol. The van der Waals surface area contributed by atoms with Gasteiger partial charge in [-0.05, 0) is 19.8 Å². The van der Waals surface area contributed by atoms with Gasteiger partial charge in [0.15, 0.2) is 0 Å². The Morgan fingerprint density at radius 3 is 2.24 bits per heavy atom. The number of amides is 1. The number of rotatable bonds is 11. The number of carbonyl (C=O) groups excluding carboxylic acids is 1. The van der Waals surface area contributed by atoms with Gasteiger partial charge in [-0.15, -0.1) is 12.4 Å². The fourth-order valence-corrected chi connectivity index (χ4v) is 2.50. The molecule has 0 aliphatic rings. The van der Waals surface area contributed by atoms with Crippen LogP contribution in [0.1, 0.15) is 33.6 Å². The van der Waals surface area contributed by atoms with Crippen LogP contribution in [0.4, 0.5) is 0 Å². The lowest BCUT2D eigenvalue weighted by molar-refractivity contribution is -0.121. The maximum atomic E-state index is 11.8. The van der Waals surface area contributed by atoms with E-state index in [9.17, 15) is 13.2 Å². The van der Waals surface area contributed by atoms with E-state index < -0.39 is 15.6 Å². The van der Waals surface area contributed by atoms with Crippen LogP contribution < -0.4 is 15.8 Å². The molecule has 1 amide bonds. The molecule has 0 aromatic carbocycles. The number of carbonyl (C=O) groups is 1. The maximum Gasteiger partial charge on any atom is 0.235 e. The summed E-state index contributed by atoms with van der Waals surface area (Å²) in [5.74, 6) is -0.531. The third-order valence-electron chi connectivity index (χ3n) is 3.30. The SMILES string of the molecule is CCOCCS(=O)(=O)NCC(=O)NC(CC)(CC)CN.Cl. The average Bonchev–Trinajstić information content (AvgIpc) is 2.43. The van der Waals surface area contributed by atoms with E-state index in [0.717, 1.165) is 0 Å². The third kappa shape index (κ3) is 9.26. The Morgan fingerprint density at radius 1 is 1.24 bits per heavy atom. The van der Waals surface area contributed by atoms with Crippen LogP contribution in [0.3, 0.4) is 0 Å². The van der Waals surface area contributed by atoms with Crippen molar-refractivity contribution in [3.05, 3.63) is 0 Å². The molecule has 0 aromatic heterocycles. The maximum absolute atomic E-state index is 11.8. The van der Waals surface area contributed by atoms with Crippen LogP contribution in [0.15, 0.2) is 0 Å². The second-order valence-electron chi connectivity index (χ2n) is 4.58. The Hall–Kier alpha value is -0.410. The first kappa shape index (κ1) is 22.9. The van der Waals surface area contributed by atoms with Crippen molar-refractivity contribution in [2.45, 2.75) is 39.2 Å². The topological polar surface area (TPSA) is 111 Å². The van der Waals surface area contributed by atoms with Crippen molar-refractivity contribution in [3.63, 3.8) is 0 Å². The highest BCUT2D eigenvalue weighted by atomic mass is 35.5. The first-order valence-electron chi connectivity index (χ1n) is 6.90. The van der Waals surface area contributed by atoms with E-state index in [1.807, 2.05) is 13.8 Å². The van der Waals surface area contributed by atoms with E-state index in [1.165, 1.54) is 0 Å². The first-order valence-corrected chi connectivity index (χ1v) is 8.56. The second-order valence-corrected chi connectivity index (χ2v) is 6.50. The quantitative estimate of drug-likeness (QED) is 0.456. The summed E-state index contributed by atoms with van der Waals surface area (Å²) in [4.78, 5) is 11.8. The van der Waals surface area contributed by atoms with Gasteiger partial charge in [0.25, 0.3) is 0 Å². The van der Waals surface area contributed by atoms with Crippen LogP contribution in [0.25, 0.3) is 0 Å². The highest BCUT2D eigenvalue weighted by molar-refractivity contribution is 7.89. The monoisotopic (exact) mass is 345 g/mol. The molecular weight excluding hydrogens is 318 g/mol. The molecule has 21 heavy (non-hydrogen) atoms. The van der Waals surface area contributed by atoms with Gasteiger partial charge in [-0.2, -0.15) is 0 Å². The van der Waals surface area contributed by atoms with E-state index in [2.05, 4.69) is 10.0 Å². The highest BCUT2D eigenvalue weighted by Crippen LogP contribution is 2.12. The second kappa shape index (κ2) is 11.2. The number of nitrogens with two attached hydrogens (primary N) is 1. The molecule has 0 rings (SSSR count). The molecule has 0 unspecified atom stereocenters. The van der Waals surface area contributed by atoms with Crippen molar-refractivity contribution in [1.29, 1.82) is 0 Å². The lowest BCUT2D eigenvalue weighted by atomic mass is 9.93. The molecule has 0 saturated carbocycles. The number of hydrogen-bond donors (Lipinski definition) is 3. The molecule has 0 radical (unpaired) electrons. The number of halogens is 1. The van der Waals surface area contributed by atoms with E-state index in [0.29, 0.717) is 26.0 Å². The van der Waals surface area contributed by atoms with Crippen LogP contribution in [-0.2, 0) is 19.6 Å². The fraction of sp³-hybridized carbons (Fsp3) is 0.917. The Bertz CT molecular complexity index is 378. The van der Waals surface area contributed by atoms with Crippen LogP contribution >= 0.6 is 12.4 Å². The van der Waals surface area contributed by atoms with E-state index in [1.54, 1.807) is 6.92 Å². The molecule has 7 nitrogen and oxygen atoms in total. The van der Waals surface area contributed by atoms with Crippen molar-refractivity contribution < 1.29 is 17.9 Å². The molecule has 0 heterocycles. The molecule has 0 fully saturated rings. The molecule has 128 valence electrons. The van der Waals surface area contributed by atoms with Gasteiger partial charge in [-0.25, -0.2) is 13.1 Å². The minimum Gasteiger partial charge on any atom is -0.381 e. The molecule has 4 N–H and O–H groups in total. The zero-order valence-corrected chi connectivity index (χ0v) is 14.6. The minimum atomic E-state index is -3.49. The predicted octanol–water partition coefficient (Wildman–Crippen LogP) is -0.00220. The van der Waals surface area contributed by atoms with Gasteiger partial charge in [0.2, 0.25) is 15.9 Å². The summed E-state index contributed by atoms with van der Waals surface area (Å²) in [6.07, 6.45) is 1.39. The molecule has 0 atom stereocenters. The standard InChI is InChI=1S/C12H27N3O4S.ClH/c1-4-12(5-2,10-13)15-11(16)9-14-20(17,18)8-7-19-6-3;/h14H,4-10,13H2,1-3H3,(H,15,16);1H. The summed E-state index contributed by atoms with van der Waals surface area (Å²) >= 11 is 0. The highest BCUT2D eigenvalue weighted by Gasteiger charge is 2.26. The number of nitrogens with one attached hydrogen (secondary N) is 2.